The molecule has 0 radical (unpaired) electrons. The van der Waals surface area contributed by atoms with Crippen LogP contribution in [0.5, 0.6) is 17.2 Å². The third-order valence-electron chi connectivity index (χ3n) is 6.62. The maximum Gasteiger partial charge on any atom is 0.387 e. The molecule has 2 fully saturated rings. The molecule has 2 aliphatic rings. The second kappa shape index (κ2) is 11.3. The van der Waals surface area contributed by atoms with Gasteiger partial charge in [0.25, 0.3) is 5.91 Å². The van der Waals surface area contributed by atoms with E-state index in [2.05, 4.69) is 10.3 Å². The summed E-state index contributed by atoms with van der Waals surface area (Å²) in [6.07, 6.45) is 6.34. The lowest BCUT2D eigenvalue weighted by atomic mass is 10.1. The van der Waals surface area contributed by atoms with Gasteiger partial charge in [0.1, 0.15) is 34.3 Å². The summed E-state index contributed by atoms with van der Waals surface area (Å²) < 4.78 is 67.8. The smallest absolute Gasteiger partial charge is 0.387 e. The van der Waals surface area contributed by atoms with Gasteiger partial charge in [-0.2, -0.15) is 8.78 Å². The molecular weight excluding hydrogens is 534 g/mol. The van der Waals surface area contributed by atoms with Crippen LogP contribution in [0.2, 0.25) is 0 Å². The number of halogens is 2. The van der Waals surface area contributed by atoms with E-state index in [1.165, 1.54) is 13.2 Å². The Balaban J connectivity index is 1.32. The average molecular weight is 565 g/mol. The van der Waals surface area contributed by atoms with E-state index in [9.17, 15) is 22.0 Å². The number of alkyl halides is 2. The number of imidazole rings is 1. The first-order valence-corrected chi connectivity index (χ1v) is 14.6. The number of fused-ring (bicyclic) bond motifs is 1. The lowest BCUT2D eigenvalue weighted by molar-refractivity contribution is -0.0502. The maximum atomic E-state index is 13.3. The van der Waals surface area contributed by atoms with Gasteiger partial charge in [-0.25, -0.2) is 13.4 Å². The van der Waals surface area contributed by atoms with Crippen LogP contribution in [0.1, 0.15) is 36.0 Å². The molecule has 0 spiro atoms. The molecule has 1 aliphatic heterocycles. The summed E-state index contributed by atoms with van der Waals surface area (Å²) in [7, 11) is -1.62. The standard InChI is InChI=1S/C26H30F2N4O6S/c1-36-21-12-17(13-22(38-26(27)28)24(21)25(33)30-18-4-5-18)20-15-29-23-14-19(6-9-32(20)23)37-10-2-7-31-8-3-11-39(34,35)16-31/h6,9,12-15,18,26H,2-5,7-8,10-11,16H2,1H3,(H,30,33). The number of carbonyl (C=O) groups is 1. The molecular formula is C26H30F2N4O6S. The Morgan fingerprint density at radius 2 is 2.03 bits per heavy atom. The van der Waals surface area contributed by atoms with Gasteiger partial charge < -0.3 is 19.5 Å². The van der Waals surface area contributed by atoms with E-state index < -0.39 is 22.4 Å². The highest BCUT2D eigenvalue weighted by atomic mass is 32.2. The van der Waals surface area contributed by atoms with Crippen molar-refractivity contribution in [3.05, 3.63) is 42.2 Å². The van der Waals surface area contributed by atoms with E-state index in [1.54, 1.807) is 35.0 Å². The van der Waals surface area contributed by atoms with Crippen LogP contribution in [0.15, 0.2) is 36.7 Å². The van der Waals surface area contributed by atoms with E-state index in [-0.39, 0.29) is 34.7 Å². The van der Waals surface area contributed by atoms with Gasteiger partial charge >= 0.3 is 6.61 Å². The van der Waals surface area contributed by atoms with Crippen molar-refractivity contribution in [2.45, 2.75) is 38.3 Å². The van der Waals surface area contributed by atoms with Gasteiger partial charge in [-0.3, -0.25) is 14.1 Å². The molecule has 39 heavy (non-hydrogen) atoms. The van der Waals surface area contributed by atoms with Gasteiger partial charge in [0.2, 0.25) is 0 Å². The van der Waals surface area contributed by atoms with Gasteiger partial charge in [0, 0.05) is 37.0 Å². The van der Waals surface area contributed by atoms with Crippen molar-refractivity contribution in [3.63, 3.8) is 0 Å². The molecule has 10 nitrogen and oxygen atoms in total. The van der Waals surface area contributed by atoms with Crippen molar-refractivity contribution in [1.29, 1.82) is 0 Å². The number of aromatic nitrogens is 2. The summed E-state index contributed by atoms with van der Waals surface area (Å²) in [5.41, 5.74) is 1.54. The molecule has 1 saturated heterocycles. The zero-order chi connectivity index (χ0) is 27.6. The first-order chi connectivity index (χ1) is 18.7. The first-order valence-electron chi connectivity index (χ1n) is 12.7. The summed E-state index contributed by atoms with van der Waals surface area (Å²) in [6.45, 7) is -1.31. The molecule has 1 saturated carbocycles. The second-order valence-electron chi connectivity index (χ2n) is 9.66. The lowest BCUT2D eigenvalue weighted by Crippen LogP contribution is -2.38. The molecule has 2 aromatic heterocycles. The minimum Gasteiger partial charge on any atom is -0.496 e. The van der Waals surface area contributed by atoms with Crippen LogP contribution in [0.25, 0.3) is 16.9 Å². The largest absolute Gasteiger partial charge is 0.496 e. The number of sulfone groups is 1. The molecule has 1 aliphatic carbocycles. The quantitative estimate of drug-likeness (QED) is 0.353. The summed E-state index contributed by atoms with van der Waals surface area (Å²) >= 11 is 0. The first kappa shape index (κ1) is 27.1. The molecule has 1 N–H and O–H groups in total. The number of pyridine rings is 1. The average Bonchev–Trinajstić information content (AvgIpc) is 3.60. The third kappa shape index (κ3) is 6.59. The number of hydrogen-bond acceptors (Lipinski definition) is 8. The van der Waals surface area contributed by atoms with Crippen molar-refractivity contribution in [2.24, 2.45) is 0 Å². The van der Waals surface area contributed by atoms with Gasteiger partial charge in [-0.05, 0) is 43.9 Å². The van der Waals surface area contributed by atoms with Crippen LogP contribution in [-0.4, -0.2) is 79.7 Å². The number of nitrogens with one attached hydrogen (secondary N) is 1. The molecule has 1 aromatic carbocycles. The zero-order valence-corrected chi connectivity index (χ0v) is 22.3. The summed E-state index contributed by atoms with van der Waals surface area (Å²) in [4.78, 5) is 19.1. The SMILES string of the molecule is COc1cc(-c2cnc3cc(OCCCN4CCCS(=O)(=O)C4)ccn23)cc(OC(F)F)c1C(=O)NC1CC1. The van der Waals surface area contributed by atoms with E-state index >= 15 is 0 Å². The van der Waals surface area contributed by atoms with Crippen LogP contribution in [0.4, 0.5) is 8.78 Å². The van der Waals surface area contributed by atoms with Crippen molar-refractivity contribution >= 4 is 21.4 Å². The highest BCUT2D eigenvalue weighted by Gasteiger charge is 2.29. The fraction of sp³-hybridized carbons (Fsp3) is 0.462. The van der Waals surface area contributed by atoms with E-state index in [0.29, 0.717) is 48.6 Å². The number of benzene rings is 1. The van der Waals surface area contributed by atoms with Crippen molar-refractivity contribution in [3.8, 4) is 28.5 Å². The van der Waals surface area contributed by atoms with Gasteiger partial charge in [-0.15, -0.1) is 0 Å². The van der Waals surface area contributed by atoms with Crippen LogP contribution in [0.3, 0.4) is 0 Å². The number of hydrogen-bond donors (Lipinski definition) is 1. The monoisotopic (exact) mass is 564 g/mol. The Labute approximate surface area is 224 Å². The van der Waals surface area contributed by atoms with E-state index in [1.807, 2.05) is 4.90 Å². The zero-order valence-electron chi connectivity index (χ0n) is 21.4. The summed E-state index contributed by atoms with van der Waals surface area (Å²) in [5, 5.41) is 2.79. The Hall–Kier alpha value is -3.45. The fourth-order valence-corrected chi connectivity index (χ4v) is 6.14. The predicted octanol–water partition coefficient (Wildman–Crippen LogP) is 3.35. The number of amides is 1. The Morgan fingerprint density at radius 1 is 1.23 bits per heavy atom. The minimum absolute atomic E-state index is 0.0254. The number of carbonyl (C=O) groups excluding carboxylic acids is 1. The second-order valence-corrected chi connectivity index (χ2v) is 11.8. The molecule has 0 atom stereocenters. The number of nitrogens with zero attached hydrogens (tertiary/aromatic N) is 3. The highest BCUT2D eigenvalue weighted by molar-refractivity contribution is 7.91. The number of rotatable bonds is 11. The normalized spacial score (nSPS) is 17.3. The molecule has 210 valence electrons. The van der Waals surface area contributed by atoms with Crippen molar-refractivity contribution < 1.29 is 36.2 Å². The van der Waals surface area contributed by atoms with Gasteiger partial charge in [0.15, 0.2) is 9.84 Å². The highest BCUT2D eigenvalue weighted by Crippen LogP contribution is 2.37. The van der Waals surface area contributed by atoms with Crippen LogP contribution < -0.4 is 19.5 Å². The Morgan fingerprint density at radius 3 is 2.74 bits per heavy atom. The van der Waals surface area contributed by atoms with Crippen molar-refractivity contribution in [1.82, 2.24) is 19.6 Å². The summed E-state index contributed by atoms with van der Waals surface area (Å²) in [5.74, 6) is 0.235. The van der Waals surface area contributed by atoms with Gasteiger partial charge in [-0.1, -0.05) is 0 Å². The van der Waals surface area contributed by atoms with Crippen LogP contribution in [0, 0.1) is 0 Å². The summed E-state index contributed by atoms with van der Waals surface area (Å²) in [6, 6.07) is 6.51. The fourth-order valence-electron chi connectivity index (χ4n) is 4.63. The maximum absolute atomic E-state index is 13.3. The molecule has 3 heterocycles. The van der Waals surface area contributed by atoms with E-state index in [0.717, 1.165) is 19.4 Å². The molecule has 0 unspecified atom stereocenters. The van der Waals surface area contributed by atoms with E-state index in [4.69, 9.17) is 14.2 Å². The predicted molar refractivity (Wildman–Crippen MR) is 139 cm³/mol. The Bertz CT molecular complexity index is 1460. The topological polar surface area (TPSA) is 111 Å². The van der Waals surface area contributed by atoms with Gasteiger partial charge in [0.05, 0.1) is 31.4 Å². The number of ether oxygens (including phenoxy) is 3. The minimum atomic E-state index is -3.13. The third-order valence-corrected chi connectivity index (χ3v) is 8.29. The molecule has 13 heteroatoms. The Kier molecular flexibility index (Phi) is 7.89. The number of methoxy groups -OCH3 is 1. The molecule has 0 bridgehead atoms. The molecule has 1 amide bonds. The van der Waals surface area contributed by atoms with Crippen LogP contribution >= 0.6 is 0 Å². The van der Waals surface area contributed by atoms with Crippen molar-refractivity contribution in [2.75, 3.05) is 38.4 Å². The lowest BCUT2D eigenvalue weighted by Gasteiger charge is -2.26. The molecule has 3 aromatic rings. The molecule has 5 rings (SSSR count). The van der Waals surface area contributed by atoms with Crippen LogP contribution in [-0.2, 0) is 9.84 Å².